The highest BCUT2D eigenvalue weighted by Crippen LogP contribution is 2.32. The molecule has 3 atom stereocenters. The fourth-order valence-electron chi connectivity index (χ4n) is 7.02. The lowest BCUT2D eigenvalue weighted by molar-refractivity contribution is -0.974. The molecule has 0 amide bonds. The van der Waals surface area contributed by atoms with Crippen molar-refractivity contribution >= 4 is 17.9 Å². The van der Waals surface area contributed by atoms with E-state index in [2.05, 4.69) is 19.1 Å². The van der Waals surface area contributed by atoms with Crippen LogP contribution in [0.3, 0.4) is 0 Å². The molecule has 0 saturated heterocycles. The molecule has 2 N–H and O–H groups in total. The number of hydrogen-bond acceptors (Lipinski definition) is 4. The second-order valence-corrected chi connectivity index (χ2v) is 12.5. The summed E-state index contributed by atoms with van der Waals surface area (Å²) >= 11 is 0. The molecule has 43 heavy (non-hydrogen) atoms. The summed E-state index contributed by atoms with van der Waals surface area (Å²) in [5.41, 5.74) is 0. The topological polar surface area (TPSA) is 115 Å². The maximum atomic E-state index is 12.3. The molecule has 0 aromatic carbocycles. The summed E-state index contributed by atoms with van der Waals surface area (Å²) in [6.45, 7) is 7.47. The SMILES string of the molecule is CC/C=C/CCCCCCCCCCCCCCCCCCCC[N+](C(CC)C(=O)[O-])(C(CC)C(=O)O)C(CC)C(=O)O. The zero-order valence-corrected chi connectivity index (χ0v) is 28.3. The van der Waals surface area contributed by atoms with Gasteiger partial charge in [0.2, 0.25) is 0 Å². The molecular weight excluding hydrogens is 542 g/mol. The fraction of sp³-hybridized carbons (Fsp3) is 0.861. The van der Waals surface area contributed by atoms with E-state index < -0.39 is 40.5 Å². The molecule has 0 radical (unpaired) electrons. The molecule has 0 spiro atoms. The van der Waals surface area contributed by atoms with E-state index in [1.54, 1.807) is 20.8 Å². The van der Waals surface area contributed by atoms with Crippen LogP contribution in [0.1, 0.15) is 175 Å². The zero-order valence-electron chi connectivity index (χ0n) is 28.3. The predicted molar refractivity (Wildman–Crippen MR) is 175 cm³/mol. The van der Waals surface area contributed by atoms with Crippen LogP contribution in [-0.2, 0) is 14.4 Å². The quantitative estimate of drug-likeness (QED) is 0.0463. The van der Waals surface area contributed by atoms with Gasteiger partial charge in [0, 0.05) is 19.3 Å². The second kappa shape index (κ2) is 26.5. The van der Waals surface area contributed by atoms with Gasteiger partial charge in [-0.1, -0.05) is 136 Å². The first-order valence-electron chi connectivity index (χ1n) is 17.9. The molecule has 0 aromatic rings. The number of rotatable bonds is 31. The fourth-order valence-corrected chi connectivity index (χ4v) is 7.02. The normalized spacial score (nSPS) is 15.3. The van der Waals surface area contributed by atoms with Gasteiger partial charge < -0.3 is 20.1 Å². The Morgan fingerprint density at radius 2 is 0.860 bits per heavy atom. The Labute approximate surface area is 264 Å². The lowest BCUT2D eigenvalue weighted by Gasteiger charge is -2.51. The van der Waals surface area contributed by atoms with Crippen molar-refractivity contribution in [3.8, 4) is 0 Å². The number of carboxylic acids is 3. The predicted octanol–water partition coefficient (Wildman–Crippen LogP) is 8.44. The number of carbonyl (C=O) groups excluding carboxylic acids is 1. The molecule has 0 aliphatic rings. The van der Waals surface area contributed by atoms with E-state index in [1.807, 2.05) is 0 Å². The van der Waals surface area contributed by atoms with Crippen LogP contribution in [-0.4, -0.2) is 57.3 Å². The van der Waals surface area contributed by atoms with Gasteiger partial charge in [-0.15, -0.1) is 0 Å². The molecule has 0 aliphatic heterocycles. The first-order valence-corrected chi connectivity index (χ1v) is 17.9. The molecule has 0 aromatic heterocycles. The minimum Gasteiger partial charge on any atom is -0.544 e. The van der Waals surface area contributed by atoms with E-state index in [9.17, 15) is 29.7 Å². The van der Waals surface area contributed by atoms with Crippen LogP contribution in [0.15, 0.2) is 12.2 Å². The standard InChI is InChI=1S/C36H67NO6/c1-5-9-10-11-12-13-14-15-16-17-18-19-20-21-22-23-24-25-26-27-28-29-30-37(31(6-2)34(38)39,32(7-3)35(40)41)33(8-4)36(42)43/h9-10,31-33H,5-8,11-30H2,1-4H3,(H2-,38,39,40,41,42,43)/b10-9+. The molecular formula is C36H67NO6. The molecule has 0 bridgehead atoms. The van der Waals surface area contributed by atoms with Crippen molar-refractivity contribution in [1.82, 2.24) is 0 Å². The van der Waals surface area contributed by atoms with Crippen LogP contribution in [0.25, 0.3) is 0 Å². The van der Waals surface area contributed by atoms with E-state index in [-0.39, 0.29) is 25.8 Å². The van der Waals surface area contributed by atoms with E-state index in [0.29, 0.717) is 6.42 Å². The van der Waals surface area contributed by atoms with Crippen LogP contribution in [0.4, 0.5) is 0 Å². The Morgan fingerprint density at radius 1 is 0.535 bits per heavy atom. The minimum atomic E-state index is -1.36. The van der Waals surface area contributed by atoms with E-state index in [1.165, 1.54) is 96.3 Å². The van der Waals surface area contributed by atoms with Crippen molar-refractivity contribution in [2.75, 3.05) is 6.54 Å². The highest BCUT2D eigenvalue weighted by atomic mass is 16.4. The van der Waals surface area contributed by atoms with Crippen LogP contribution >= 0.6 is 0 Å². The van der Waals surface area contributed by atoms with Gasteiger partial charge in [0.1, 0.15) is 6.04 Å². The van der Waals surface area contributed by atoms with E-state index >= 15 is 0 Å². The van der Waals surface area contributed by atoms with Gasteiger partial charge in [-0.3, -0.25) is 4.48 Å². The highest BCUT2D eigenvalue weighted by molar-refractivity contribution is 5.77. The first kappa shape index (κ1) is 41.1. The summed E-state index contributed by atoms with van der Waals surface area (Å²) in [7, 11) is 0. The molecule has 7 heteroatoms. The minimum absolute atomic E-state index is 0.132. The van der Waals surface area contributed by atoms with Crippen LogP contribution < -0.4 is 5.11 Å². The van der Waals surface area contributed by atoms with E-state index in [0.717, 1.165) is 25.7 Å². The Morgan fingerprint density at radius 3 is 1.14 bits per heavy atom. The van der Waals surface area contributed by atoms with Gasteiger partial charge in [0.15, 0.2) is 12.1 Å². The van der Waals surface area contributed by atoms with Gasteiger partial charge in [0.25, 0.3) is 0 Å². The Balaban J connectivity index is 4.26. The summed E-state index contributed by atoms with van der Waals surface area (Å²) in [5, 5.41) is 32.2. The summed E-state index contributed by atoms with van der Waals surface area (Å²) < 4.78 is -0.465. The molecule has 7 nitrogen and oxygen atoms in total. The number of hydrogen-bond donors (Lipinski definition) is 2. The van der Waals surface area contributed by atoms with Crippen LogP contribution in [0, 0.1) is 0 Å². The van der Waals surface area contributed by atoms with Crippen molar-refractivity contribution < 1.29 is 34.2 Å². The molecule has 0 heterocycles. The molecule has 0 aliphatic carbocycles. The number of nitrogens with zero attached hydrogens (tertiary/aromatic N) is 1. The maximum Gasteiger partial charge on any atom is 0.362 e. The third kappa shape index (κ3) is 16.7. The smallest absolute Gasteiger partial charge is 0.362 e. The van der Waals surface area contributed by atoms with Gasteiger partial charge in [0.05, 0.1) is 12.5 Å². The number of carbonyl (C=O) groups is 3. The highest BCUT2D eigenvalue weighted by Gasteiger charge is 2.53. The average molecular weight is 610 g/mol. The van der Waals surface area contributed by atoms with Crippen LogP contribution in [0.2, 0.25) is 0 Å². The largest absolute Gasteiger partial charge is 0.544 e. The van der Waals surface area contributed by atoms with Crippen molar-refractivity contribution in [2.24, 2.45) is 0 Å². The molecule has 3 unspecified atom stereocenters. The number of carboxylic acid groups (broad SMARTS) is 3. The summed E-state index contributed by atoms with van der Waals surface area (Å²) in [6, 6.07) is -3.37. The van der Waals surface area contributed by atoms with E-state index in [4.69, 9.17) is 0 Å². The second-order valence-electron chi connectivity index (χ2n) is 12.5. The molecule has 0 rings (SSSR count). The molecule has 0 saturated carbocycles. The Bertz CT molecular complexity index is 697. The van der Waals surface area contributed by atoms with Crippen molar-refractivity contribution in [2.45, 2.75) is 193 Å². The number of unbranched alkanes of at least 4 members (excludes halogenated alkanes) is 18. The van der Waals surface area contributed by atoms with Gasteiger partial charge in [-0.2, -0.15) is 0 Å². The Kier molecular flexibility index (Phi) is 25.3. The zero-order chi connectivity index (χ0) is 32.3. The third-order valence-corrected chi connectivity index (χ3v) is 9.31. The first-order chi connectivity index (χ1) is 20.7. The van der Waals surface area contributed by atoms with Crippen molar-refractivity contribution in [3.63, 3.8) is 0 Å². The average Bonchev–Trinajstić information content (AvgIpc) is 2.96. The van der Waals surface area contributed by atoms with Crippen LogP contribution in [0.5, 0.6) is 0 Å². The number of aliphatic carboxylic acids is 3. The van der Waals surface area contributed by atoms with Gasteiger partial charge >= 0.3 is 11.9 Å². The summed E-state index contributed by atoms with van der Waals surface area (Å²) in [6.07, 6.45) is 29.6. The van der Waals surface area contributed by atoms with Gasteiger partial charge in [-0.25, -0.2) is 9.59 Å². The third-order valence-electron chi connectivity index (χ3n) is 9.31. The summed E-state index contributed by atoms with van der Waals surface area (Å²) in [5.74, 6) is -3.64. The maximum absolute atomic E-state index is 12.3. The molecule has 0 fully saturated rings. The number of allylic oxidation sites excluding steroid dienone is 2. The number of quaternary nitrogens is 1. The monoisotopic (exact) mass is 609 g/mol. The lowest BCUT2D eigenvalue weighted by atomic mass is 9.93. The van der Waals surface area contributed by atoms with Crippen molar-refractivity contribution in [3.05, 3.63) is 12.2 Å². The van der Waals surface area contributed by atoms with Crippen molar-refractivity contribution in [1.29, 1.82) is 0 Å². The lowest BCUT2D eigenvalue weighted by Crippen LogP contribution is -2.73. The Hall–Kier alpha value is -1.89. The van der Waals surface area contributed by atoms with Gasteiger partial charge in [-0.05, 0) is 32.1 Å². The molecule has 252 valence electrons. The summed E-state index contributed by atoms with van der Waals surface area (Å²) in [4.78, 5) is 36.7.